The Kier molecular flexibility index (Phi) is 9.08. The number of rotatable bonds is 11. The zero-order chi connectivity index (χ0) is 25.5. The molecule has 0 bridgehead atoms. The van der Waals surface area contributed by atoms with Crippen LogP contribution in [0.5, 0.6) is 0 Å². The van der Waals surface area contributed by atoms with Gasteiger partial charge in [0, 0.05) is 78.2 Å². The van der Waals surface area contributed by atoms with Crippen molar-refractivity contribution >= 4 is 23.4 Å². The monoisotopic (exact) mass is 503 g/mol. The van der Waals surface area contributed by atoms with Gasteiger partial charge in [-0.15, -0.1) is 0 Å². The highest BCUT2D eigenvalue weighted by atomic mass is 32.2. The van der Waals surface area contributed by atoms with Crippen LogP contribution in [0, 0.1) is 6.92 Å². The van der Waals surface area contributed by atoms with Gasteiger partial charge in [-0.05, 0) is 44.0 Å². The number of nitrogens with zero attached hydrogens (tertiary/aromatic N) is 3. The van der Waals surface area contributed by atoms with E-state index in [1.165, 1.54) is 20.9 Å². The lowest BCUT2D eigenvalue weighted by atomic mass is 10.0. The van der Waals surface area contributed by atoms with Crippen LogP contribution in [0.1, 0.15) is 24.5 Å². The zero-order valence-corrected chi connectivity index (χ0v) is 22.3. The van der Waals surface area contributed by atoms with E-state index in [0.29, 0.717) is 12.6 Å². The third-order valence-corrected chi connectivity index (χ3v) is 8.20. The molecule has 6 heteroatoms. The lowest BCUT2D eigenvalue weighted by Gasteiger charge is -2.44. The molecule has 2 aliphatic heterocycles. The molecule has 0 aromatic heterocycles. The summed E-state index contributed by atoms with van der Waals surface area (Å²) in [6.45, 7) is 18.5. The first-order valence-corrected chi connectivity index (χ1v) is 13.6. The van der Waals surface area contributed by atoms with Gasteiger partial charge in [-0.3, -0.25) is 9.69 Å². The van der Waals surface area contributed by atoms with Crippen LogP contribution in [0.15, 0.2) is 89.3 Å². The smallest absolute Gasteiger partial charge is 0.251 e. The minimum absolute atomic E-state index is 0.0279. The van der Waals surface area contributed by atoms with Crippen molar-refractivity contribution in [3.05, 3.63) is 90.7 Å². The SMILES string of the molecule is C=C(c1ccccc1Sc1ccccc1C)N1CCN(CCOCC)C(CCN2C(=C)C=CC2=O)C1. The van der Waals surface area contributed by atoms with Crippen molar-refractivity contribution in [3.8, 4) is 0 Å². The number of benzene rings is 2. The molecule has 1 amide bonds. The Morgan fingerprint density at radius 3 is 2.53 bits per heavy atom. The maximum atomic E-state index is 12.2. The third kappa shape index (κ3) is 6.30. The van der Waals surface area contributed by atoms with Crippen molar-refractivity contribution in [1.82, 2.24) is 14.7 Å². The lowest BCUT2D eigenvalue weighted by Crippen LogP contribution is -2.54. The van der Waals surface area contributed by atoms with Crippen molar-refractivity contribution in [2.24, 2.45) is 0 Å². The molecule has 2 aromatic carbocycles. The fourth-order valence-corrected chi connectivity index (χ4v) is 5.86. The number of ether oxygens (including phenoxy) is 1. The summed E-state index contributed by atoms with van der Waals surface area (Å²) < 4.78 is 5.66. The number of carbonyl (C=O) groups excluding carboxylic acids is 1. The summed E-state index contributed by atoms with van der Waals surface area (Å²) in [6.07, 6.45) is 4.28. The van der Waals surface area contributed by atoms with Crippen molar-refractivity contribution in [2.75, 3.05) is 45.9 Å². The van der Waals surface area contributed by atoms with Gasteiger partial charge < -0.3 is 14.5 Å². The molecule has 190 valence electrons. The maximum Gasteiger partial charge on any atom is 0.251 e. The highest BCUT2D eigenvalue weighted by Gasteiger charge is 2.30. The normalized spacial score (nSPS) is 18.3. The molecule has 0 aliphatic carbocycles. The van der Waals surface area contributed by atoms with Crippen molar-refractivity contribution in [2.45, 2.75) is 36.1 Å². The molecule has 0 N–H and O–H groups in total. The molecule has 1 atom stereocenters. The van der Waals surface area contributed by atoms with Gasteiger partial charge in [0.1, 0.15) is 0 Å². The Hall–Kier alpha value is -2.80. The van der Waals surface area contributed by atoms with E-state index >= 15 is 0 Å². The third-order valence-electron chi connectivity index (χ3n) is 6.94. The van der Waals surface area contributed by atoms with Crippen LogP contribution in [0.3, 0.4) is 0 Å². The van der Waals surface area contributed by atoms with Gasteiger partial charge in [-0.2, -0.15) is 0 Å². The summed E-state index contributed by atoms with van der Waals surface area (Å²) in [5.74, 6) is 0.0279. The number of aryl methyl sites for hydroxylation is 1. The second-order valence-corrected chi connectivity index (χ2v) is 10.3. The number of hydrogen-bond acceptors (Lipinski definition) is 5. The molecular weight excluding hydrogens is 466 g/mol. The van der Waals surface area contributed by atoms with E-state index in [0.717, 1.165) is 57.2 Å². The first kappa shape index (κ1) is 26.3. The first-order valence-electron chi connectivity index (χ1n) is 12.7. The Morgan fingerprint density at radius 2 is 1.81 bits per heavy atom. The quantitative estimate of drug-likeness (QED) is 0.382. The van der Waals surface area contributed by atoms with E-state index in [1.807, 2.05) is 6.92 Å². The molecule has 2 aromatic rings. The average Bonchev–Trinajstić information content (AvgIpc) is 3.21. The van der Waals surface area contributed by atoms with E-state index in [9.17, 15) is 4.79 Å². The Bertz CT molecular complexity index is 1110. The topological polar surface area (TPSA) is 36.0 Å². The van der Waals surface area contributed by atoms with Crippen LogP contribution in [0.4, 0.5) is 0 Å². The molecule has 0 radical (unpaired) electrons. The first-order chi connectivity index (χ1) is 17.5. The van der Waals surface area contributed by atoms with Crippen molar-refractivity contribution < 1.29 is 9.53 Å². The summed E-state index contributed by atoms with van der Waals surface area (Å²) in [4.78, 5) is 21.4. The van der Waals surface area contributed by atoms with Gasteiger partial charge in [-0.1, -0.05) is 61.3 Å². The Morgan fingerprint density at radius 1 is 1.06 bits per heavy atom. The van der Waals surface area contributed by atoms with E-state index < -0.39 is 0 Å². The lowest BCUT2D eigenvalue weighted by molar-refractivity contribution is -0.123. The standard InChI is InChI=1S/C30H37N3O2S/c1-5-35-21-20-31-18-19-32(22-26(31)16-17-33-24(3)14-15-30(33)34)25(4)27-11-7-9-13-29(27)36-28-12-8-6-10-23(28)2/h6-15,26H,3-5,16-22H2,1-2H3. The molecule has 2 aliphatic rings. The number of hydrogen-bond donors (Lipinski definition) is 0. The molecule has 1 fully saturated rings. The molecule has 4 rings (SSSR count). The van der Waals surface area contributed by atoms with Crippen LogP contribution in [0.25, 0.3) is 5.70 Å². The average molecular weight is 504 g/mol. The number of allylic oxidation sites excluding steroid dienone is 1. The summed E-state index contributed by atoms with van der Waals surface area (Å²) in [6, 6.07) is 17.4. The molecular formula is C30H37N3O2S. The van der Waals surface area contributed by atoms with E-state index in [1.54, 1.807) is 28.8 Å². The molecule has 1 saturated heterocycles. The van der Waals surface area contributed by atoms with Crippen LogP contribution in [-0.2, 0) is 9.53 Å². The molecule has 36 heavy (non-hydrogen) atoms. The van der Waals surface area contributed by atoms with Gasteiger partial charge in [0.05, 0.1) is 6.61 Å². The second kappa shape index (κ2) is 12.4. The van der Waals surface area contributed by atoms with Gasteiger partial charge in [0.15, 0.2) is 0 Å². The van der Waals surface area contributed by atoms with E-state index in [4.69, 9.17) is 4.74 Å². The highest BCUT2D eigenvalue weighted by Crippen LogP contribution is 2.36. The van der Waals surface area contributed by atoms with E-state index in [2.05, 4.69) is 78.4 Å². The summed E-state index contributed by atoms with van der Waals surface area (Å²) in [7, 11) is 0. The number of piperazine rings is 1. The predicted octanol–water partition coefficient (Wildman–Crippen LogP) is 5.44. The van der Waals surface area contributed by atoms with Gasteiger partial charge >= 0.3 is 0 Å². The second-order valence-electron chi connectivity index (χ2n) is 9.25. The predicted molar refractivity (Wildman–Crippen MR) is 149 cm³/mol. The molecule has 2 heterocycles. The van der Waals surface area contributed by atoms with Crippen LogP contribution < -0.4 is 0 Å². The fraction of sp³-hybridized carbons (Fsp3) is 0.367. The molecule has 5 nitrogen and oxygen atoms in total. The maximum absolute atomic E-state index is 12.2. The summed E-state index contributed by atoms with van der Waals surface area (Å²) >= 11 is 1.80. The minimum atomic E-state index is 0.0279. The largest absolute Gasteiger partial charge is 0.380 e. The van der Waals surface area contributed by atoms with Gasteiger partial charge in [0.2, 0.25) is 0 Å². The summed E-state index contributed by atoms with van der Waals surface area (Å²) in [5, 5.41) is 0. The zero-order valence-electron chi connectivity index (χ0n) is 21.5. The Labute approximate surface area is 220 Å². The molecule has 0 saturated carbocycles. The van der Waals surface area contributed by atoms with Crippen molar-refractivity contribution in [3.63, 3.8) is 0 Å². The minimum Gasteiger partial charge on any atom is -0.380 e. The molecule has 1 unspecified atom stereocenters. The van der Waals surface area contributed by atoms with Crippen LogP contribution in [0.2, 0.25) is 0 Å². The number of amides is 1. The Balaban J connectivity index is 1.48. The highest BCUT2D eigenvalue weighted by molar-refractivity contribution is 7.99. The van der Waals surface area contributed by atoms with Gasteiger partial charge in [-0.25, -0.2) is 0 Å². The van der Waals surface area contributed by atoms with Crippen molar-refractivity contribution in [1.29, 1.82) is 0 Å². The van der Waals surface area contributed by atoms with Crippen LogP contribution >= 0.6 is 11.8 Å². The van der Waals surface area contributed by atoms with E-state index in [-0.39, 0.29) is 5.91 Å². The van der Waals surface area contributed by atoms with Crippen LogP contribution in [-0.4, -0.2) is 72.6 Å². The number of carbonyl (C=O) groups is 1. The summed E-state index contributed by atoms with van der Waals surface area (Å²) in [5.41, 5.74) is 4.29. The fourth-order valence-electron chi connectivity index (χ4n) is 4.81. The van der Waals surface area contributed by atoms with Gasteiger partial charge in [0.25, 0.3) is 5.91 Å². The molecule has 0 spiro atoms.